The van der Waals surface area contributed by atoms with Gasteiger partial charge in [-0.3, -0.25) is 14.6 Å². The molecule has 2 amide bonds. The van der Waals surface area contributed by atoms with Gasteiger partial charge in [0.1, 0.15) is 5.69 Å². The van der Waals surface area contributed by atoms with Gasteiger partial charge in [-0.2, -0.15) is 0 Å². The summed E-state index contributed by atoms with van der Waals surface area (Å²) >= 11 is 1.38. The van der Waals surface area contributed by atoms with Crippen LogP contribution in [0.1, 0.15) is 17.4 Å². The molecule has 3 rings (SSSR count). The number of hydrogen-bond donors (Lipinski definition) is 1. The maximum atomic E-state index is 12.5. The Morgan fingerprint density at radius 3 is 2.61 bits per heavy atom. The lowest BCUT2D eigenvalue weighted by atomic mass is 10.3. The van der Waals surface area contributed by atoms with Crippen molar-refractivity contribution in [1.82, 2.24) is 19.8 Å². The van der Waals surface area contributed by atoms with E-state index in [0.29, 0.717) is 37.0 Å². The van der Waals surface area contributed by atoms with E-state index in [9.17, 15) is 9.59 Å². The molecule has 1 fully saturated rings. The molecule has 3 heterocycles. The summed E-state index contributed by atoms with van der Waals surface area (Å²) in [7, 11) is 0. The minimum atomic E-state index is -0.0938. The molecule has 23 heavy (non-hydrogen) atoms. The number of amides is 2. The van der Waals surface area contributed by atoms with Crippen LogP contribution in [-0.4, -0.2) is 57.8 Å². The second-order valence-electron chi connectivity index (χ2n) is 5.20. The summed E-state index contributed by atoms with van der Waals surface area (Å²) in [4.78, 5) is 35.6. The van der Waals surface area contributed by atoms with E-state index < -0.39 is 0 Å². The summed E-state index contributed by atoms with van der Waals surface area (Å²) in [5, 5.41) is 5.53. The Balaban J connectivity index is 1.62. The molecule has 1 aliphatic heterocycles. The summed E-state index contributed by atoms with van der Waals surface area (Å²) in [6, 6.07) is 3.72. The Bertz CT molecular complexity index is 695. The number of hydrogen-bond acceptors (Lipinski definition) is 6. The molecule has 2 aromatic rings. The highest BCUT2D eigenvalue weighted by molar-refractivity contribution is 7.14. The van der Waals surface area contributed by atoms with Crippen molar-refractivity contribution in [3.63, 3.8) is 0 Å². The summed E-state index contributed by atoms with van der Waals surface area (Å²) in [6.07, 6.45) is 3.40. The quantitative estimate of drug-likeness (QED) is 0.924. The number of rotatable bonds is 3. The maximum absolute atomic E-state index is 12.5. The normalized spacial score (nSPS) is 14.7. The van der Waals surface area contributed by atoms with Gasteiger partial charge in [-0.05, 0) is 12.1 Å². The molecule has 0 radical (unpaired) electrons. The van der Waals surface area contributed by atoms with Gasteiger partial charge in [0.05, 0.1) is 11.9 Å². The highest BCUT2D eigenvalue weighted by Crippen LogP contribution is 2.21. The van der Waals surface area contributed by atoms with Crippen molar-refractivity contribution >= 4 is 34.0 Å². The molecule has 0 saturated carbocycles. The molecular formula is C15H17N5O2S. The van der Waals surface area contributed by atoms with Gasteiger partial charge in [0.25, 0.3) is 5.91 Å². The first-order valence-corrected chi connectivity index (χ1v) is 8.19. The number of piperazine rings is 1. The Hall–Kier alpha value is -2.48. The minimum Gasteiger partial charge on any atom is -0.339 e. The van der Waals surface area contributed by atoms with E-state index >= 15 is 0 Å². The number of nitrogens with one attached hydrogen (secondary N) is 1. The van der Waals surface area contributed by atoms with E-state index in [-0.39, 0.29) is 11.8 Å². The molecule has 8 heteroatoms. The minimum absolute atomic E-state index is 0.0497. The van der Waals surface area contributed by atoms with Gasteiger partial charge in [-0.25, -0.2) is 4.98 Å². The lowest BCUT2D eigenvalue weighted by Crippen LogP contribution is -2.50. The van der Waals surface area contributed by atoms with E-state index in [2.05, 4.69) is 15.3 Å². The Morgan fingerprint density at radius 2 is 1.96 bits per heavy atom. The fourth-order valence-corrected chi connectivity index (χ4v) is 3.08. The Morgan fingerprint density at radius 1 is 1.22 bits per heavy atom. The van der Waals surface area contributed by atoms with E-state index in [4.69, 9.17) is 0 Å². The van der Waals surface area contributed by atoms with Crippen molar-refractivity contribution in [2.45, 2.75) is 6.92 Å². The van der Waals surface area contributed by atoms with Gasteiger partial charge < -0.3 is 15.1 Å². The molecule has 0 aromatic carbocycles. The molecule has 0 unspecified atom stereocenters. The zero-order chi connectivity index (χ0) is 16.2. The smallest absolute Gasteiger partial charge is 0.273 e. The molecule has 7 nitrogen and oxygen atoms in total. The summed E-state index contributed by atoms with van der Waals surface area (Å²) in [6.45, 7) is 3.79. The van der Waals surface area contributed by atoms with Crippen molar-refractivity contribution in [2.24, 2.45) is 0 Å². The zero-order valence-electron chi connectivity index (χ0n) is 12.7. The molecule has 0 atom stereocenters. The van der Waals surface area contributed by atoms with Crippen molar-refractivity contribution in [1.29, 1.82) is 0 Å². The van der Waals surface area contributed by atoms with Gasteiger partial charge in [-0.15, -0.1) is 11.3 Å². The number of pyridine rings is 1. The number of thiazole rings is 1. The molecular weight excluding hydrogens is 314 g/mol. The molecule has 0 spiro atoms. The summed E-state index contributed by atoms with van der Waals surface area (Å²) < 4.78 is 0. The standard InChI is InChI=1S/C15H17N5O2S/c1-11(21)19-5-7-20(8-6-19)14(22)13-10-23-15(18-13)17-12-3-2-4-16-9-12/h2-4,9-10H,5-8H2,1H3,(H,17,18). The lowest BCUT2D eigenvalue weighted by Gasteiger charge is -2.33. The monoisotopic (exact) mass is 331 g/mol. The van der Waals surface area contributed by atoms with Gasteiger partial charge in [-0.1, -0.05) is 0 Å². The van der Waals surface area contributed by atoms with Crippen molar-refractivity contribution in [3.05, 3.63) is 35.6 Å². The van der Waals surface area contributed by atoms with E-state index in [0.717, 1.165) is 5.69 Å². The van der Waals surface area contributed by atoms with Crippen LogP contribution in [0.4, 0.5) is 10.8 Å². The third-order valence-corrected chi connectivity index (χ3v) is 4.41. The van der Waals surface area contributed by atoms with Crippen LogP contribution < -0.4 is 5.32 Å². The number of anilines is 2. The highest BCUT2D eigenvalue weighted by Gasteiger charge is 2.24. The third kappa shape index (κ3) is 3.65. The molecule has 0 aliphatic carbocycles. The average Bonchev–Trinajstić information content (AvgIpc) is 3.03. The molecule has 1 aliphatic rings. The highest BCUT2D eigenvalue weighted by atomic mass is 32.1. The van der Waals surface area contributed by atoms with Crippen LogP contribution in [0.5, 0.6) is 0 Å². The van der Waals surface area contributed by atoms with E-state index in [1.54, 1.807) is 34.5 Å². The van der Waals surface area contributed by atoms with Crippen molar-refractivity contribution in [3.8, 4) is 0 Å². The molecule has 0 bridgehead atoms. The average molecular weight is 331 g/mol. The van der Waals surface area contributed by atoms with Gasteiger partial charge in [0.15, 0.2) is 5.13 Å². The van der Waals surface area contributed by atoms with Crippen LogP contribution >= 0.6 is 11.3 Å². The first-order chi connectivity index (χ1) is 11.1. The second-order valence-corrected chi connectivity index (χ2v) is 6.06. The predicted octanol–water partition coefficient (Wildman–Crippen LogP) is 1.59. The van der Waals surface area contributed by atoms with Crippen LogP contribution in [0, 0.1) is 0 Å². The van der Waals surface area contributed by atoms with Crippen LogP contribution in [0.25, 0.3) is 0 Å². The number of carbonyl (C=O) groups excluding carboxylic acids is 2. The number of aromatic nitrogens is 2. The largest absolute Gasteiger partial charge is 0.339 e. The number of carbonyl (C=O) groups is 2. The Kier molecular flexibility index (Phi) is 4.52. The van der Waals surface area contributed by atoms with Gasteiger partial charge in [0.2, 0.25) is 5.91 Å². The first kappa shape index (κ1) is 15.4. The molecule has 1 N–H and O–H groups in total. The Labute approximate surface area is 138 Å². The van der Waals surface area contributed by atoms with E-state index in [1.807, 2.05) is 12.1 Å². The van der Waals surface area contributed by atoms with Crippen LogP contribution in [0.15, 0.2) is 29.9 Å². The predicted molar refractivity (Wildman–Crippen MR) is 87.8 cm³/mol. The fraction of sp³-hybridized carbons (Fsp3) is 0.333. The van der Waals surface area contributed by atoms with Crippen molar-refractivity contribution in [2.75, 3.05) is 31.5 Å². The van der Waals surface area contributed by atoms with Crippen LogP contribution in [0.3, 0.4) is 0 Å². The van der Waals surface area contributed by atoms with E-state index in [1.165, 1.54) is 11.3 Å². The molecule has 2 aromatic heterocycles. The number of nitrogens with zero attached hydrogens (tertiary/aromatic N) is 4. The zero-order valence-corrected chi connectivity index (χ0v) is 13.5. The van der Waals surface area contributed by atoms with Crippen LogP contribution in [-0.2, 0) is 4.79 Å². The SMILES string of the molecule is CC(=O)N1CCN(C(=O)c2csc(Nc3cccnc3)n2)CC1. The summed E-state index contributed by atoms with van der Waals surface area (Å²) in [5.41, 5.74) is 1.26. The third-order valence-electron chi connectivity index (χ3n) is 3.65. The van der Waals surface area contributed by atoms with Crippen LogP contribution in [0.2, 0.25) is 0 Å². The molecule has 120 valence electrons. The van der Waals surface area contributed by atoms with Crippen molar-refractivity contribution < 1.29 is 9.59 Å². The molecule has 1 saturated heterocycles. The first-order valence-electron chi connectivity index (χ1n) is 7.31. The summed E-state index contributed by atoms with van der Waals surface area (Å²) in [5.74, 6) is -0.0441. The second kappa shape index (κ2) is 6.74. The van der Waals surface area contributed by atoms with Gasteiger partial charge in [0, 0.05) is 44.7 Å². The lowest BCUT2D eigenvalue weighted by molar-refractivity contribution is -0.130. The maximum Gasteiger partial charge on any atom is 0.273 e. The van der Waals surface area contributed by atoms with Gasteiger partial charge >= 0.3 is 0 Å². The topological polar surface area (TPSA) is 78.4 Å². The fourth-order valence-electron chi connectivity index (χ4n) is 2.38.